The normalized spacial score (nSPS) is 14.6. The molecule has 0 aliphatic rings. The van der Waals surface area contributed by atoms with Crippen molar-refractivity contribution in [3.05, 3.63) is 0 Å². The Morgan fingerprint density at radius 2 is 1.07 bits per heavy atom. The fraction of sp³-hybridized carbons (Fsp3) is 0.742. The van der Waals surface area contributed by atoms with Gasteiger partial charge < -0.3 is 104 Å². The van der Waals surface area contributed by atoms with Gasteiger partial charge in [0.2, 0.25) is 5.78 Å². The molecule has 0 spiro atoms. The average Bonchev–Trinajstić information content (AvgIpc) is 3.19. The molecule has 0 rings (SSSR count). The van der Waals surface area contributed by atoms with Crippen LogP contribution in [0.1, 0.15) is 40.5 Å². The molecule has 59 heavy (non-hydrogen) atoms. The molecule has 28 heteroatoms. The third-order valence-corrected chi connectivity index (χ3v) is 6.33. The van der Waals surface area contributed by atoms with Gasteiger partial charge in [-0.15, -0.1) is 0 Å². The molecule has 0 aliphatic carbocycles. The molecule has 0 aromatic rings. The van der Waals surface area contributed by atoms with Crippen LogP contribution in [-0.2, 0) is 38.4 Å². The zero-order valence-corrected chi connectivity index (χ0v) is 34.5. The number of ketones is 2. The van der Waals surface area contributed by atoms with Gasteiger partial charge in [0.25, 0.3) is 0 Å². The Kier molecular flexibility index (Phi) is 57.7. The van der Waals surface area contributed by atoms with Crippen molar-refractivity contribution in [3.63, 3.8) is 0 Å². The van der Waals surface area contributed by atoms with Gasteiger partial charge in [0.15, 0.2) is 12.1 Å². The van der Waals surface area contributed by atoms with Crippen LogP contribution in [0, 0.1) is 5.92 Å². The summed E-state index contributed by atoms with van der Waals surface area (Å²) in [6.07, 6.45) is -9.15. The molecule has 10 atom stereocenters. The van der Waals surface area contributed by atoms with Gasteiger partial charge in [-0.1, -0.05) is 13.8 Å². The number of hydrogen-bond acceptors (Lipinski definition) is 23. The second-order valence-corrected chi connectivity index (χ2v) is 11.9. The molecule has 0 fully saturated rings. The Labute approximate surface area is 343 Å². The number of aldehydes is 1. The Bertz CT molecular complexity index is 1110. The van der Waals surface area contributed by atoms with E-state index in [0.29, 0.717) is 6.42 Å². The van der Waals surface area contributed by atoms with E-state index in [1.165, 1.54) is 14.0 Å². The fourth-order valence-corrected chi connectivity index (χ4v) is 2.59. The molecular formula is C31H66N4O23S. The van der Waals surface area contributed by atoms with E-state index in [0.717, 1.165) is 19.8 Å². The molecule has 0 heterocycles. The molecule has 23 N–H and O–H groups in total. The Morgan fingerprint density at radius 3 is 1.25 bits per heavy atom. The lowest BCUT2D eigenvalue weighted by molar-refractivity contribution is -0.148. The summed E-state index contributed by atoms with van der Waals surface area (Å²) in [7, 11) is 2.50. The predicted octanol–water partition coefficient (Wildman–Crippen LogP) is -7.81. The van der Waals surface area contributed by atoms with Crippen LogP contribution in [0.25, 0.3) is 0 Å². The van der Waals surface area contributed by atoms with Gasteiger partial charge in [-0.2, -0.15) is 11.8 Å². The number of thioether (sulfide) groups is 1. The van der Waals surface area contributed by atoms with Crippen LogP contribution >= 0.6 is 11.8 Å². The summed E-state index contributed by atoms with van der Waals surface area (Å²) < 4.78 is 0. The monoisotopic (exact) mass is 894 g/mol. The maximum Gasteiger partial charge on any atom is 0.371 e. The van der Waals surface area contributed by atoms with Crippen LogP contribution in [0.5, 0.6) is 0 Å². The standard InChI is InChI=1S/C6H12O6.C6H12O5.C5H11NO2S.C5H11NO2.C4H7NO4.C3H4O3.CH5N.CH4O/c7-1-3(9)5(11)6(12)4(10)2-8;1-3(8)5(10)6(11)4(9)2-7;1-9-3-2-4(6)5(7)8;1-3(2)4(6)5(7)8;5-2(4(8)9)1-3(6)7;1-2(4)3(5)6;2*1-2/h3,5-9,11-12H,1-2H2;2-6,8-11H,1H3;4H,2-3,6H2,1H3,(H,7,8);3-4H,6H2,1-2H3,(H,7,8);2H,1,5H2,(H,6,7)(H,8,9);1H3,(H,5,6);2H2,1H3;2H,1H3/t3-,5+,6+;3-,4-,5-,6-;4-;;;;;/m000...../s1. The third kappa shape index (κ3) is 50.2. The number of Topliss-reactive ketones (excluding diaryl/α,β-unsaturated/α-hetero) is 2. The largest absolute Gasteiger partial charge is 0.481 e. The summed E-state index contributed by atoms with van der Waals surface area (Å²) in [5, 5.41) is 125. The Morgan fingerprint density at radius 1 is 0.678 bits per heavy atom. The summed E-state index contributed by atoms with van der Waals surface area (Å²) in [5.41, 5.74) is 19.7. The molecule has 354 valence electrons. The van der Waals surface area contributed by atoms with Crippen LogP contribution in [0.15, 0.2) is 0 Å². The Balaban J connectivity index is -0.0000000875. The number of carboxylic acid groups (broad SMARTS) is 5. The molecule has 0 saturated carbocycles. The van der Waals surface area contributed by atoms with Crippen molar-refractivity contribution in [2.75, 3.05) is 39.4 Å². The molecule has 0 aromatic heterocycles. The molecule has 0 aliphatic heterocycles. The van der Waals surface area contributed by atoms with E-state index in [9.17, 15) is 38.4 Å². The molecule has 0 bridgehead atoms. The topological polar surface area (TPSA) is 544 Å². The average molecular weight is 895 g/mol. The lowest BCUT2D eigenvalue weighted by Crippen LogP contribution is -2.44. The Hall–Kier alpha value is -3.85. The zero-order chi connectivity index (χ0) is 49.3. The smallest absolute Gasteiger partial charge is 0.371 e. The number of aliphatic hydroxyl groups excluding tert-OH is 10. The minimum absolute atomic E-state index is 0.0208. The fourth-order valence-electron chi connectivity index (χ4n) is 2.10. The van der Waals surface area contributed by atoms with Gasteiger partial charge >= 0.3 is 29.8 Å². The first kappa shape index (κ1) is 72.7. The molecule has 2 unspecified atom stereocenters. The highest BCUT2D eigenvalue weighted by atomic mass is 32.2. The highest BCUT2D eigenvalue weighted by molar-refractivity contribution is 7.98. The number of carbonyl (C=O) groups excluding carboxylic acids is 3. The first-order valence-electron chi connectivity index (χ1n) is 16.3. The van der Waals surface area contributed by atoms with E-state index in [1.807, 2.05) is 6.26 Å². The zero-order valence-electron chi connectivity index (χ0n) is 33.7. The molecule has 0 saturated heterocycles. The second kappa shape index (κ2) is 46.8. The third-order valence-electron chi connectivity index (χ3n) is 5.69. The van der Waals surface area contributed by atoms with Gasteiger partial charge in [-0.25, -0.2) is 4.79 Å². The van der Waals surface area contributed by atoms with Crippen molar-refractivity contribution >= 4 is 59.5 Å². The van der Waals surface area contributed by atoms with Crippen molar-refractivity contribution in [1.82, 2.24) is 0 Å². The summed E-state index contributed by atoms with van der Waals surface area (Å²) in [4.78, 5) is 79.0. The second-order valence-electron chi connectivity index (χ2n) is 10.9. The number of carbonyl (C=O) groups is 8. The van der Waals surface area contributed by atoms with Crippen molar-refractivity contribution < 1.29 is 115 Å². The molecule has 27 nitrogen and oxygen atoms in total. The van der Waals surface area contributed by atoms with E-state index in [1.54, 1.807) is 25.6 Å². The molecule has 0 amide bonds. The van der Waals surface area contributed by atoms with Gasteiger partial charge in [0.1, 0.15) is 61.4 Å². The molecular weight excluding hydrogens is 828 g/mol. The number of hydrogen-bond donors (Lipinski definition) is 19. The SMILES string of the molecule is CC(=O)C(=O)O.CC(C)C(N)C(=O)O.CN.CO.CSCC[C@H](N)C(=O)O.C[C@H](O)[C@H](O)[C@@H](O)[C@@H](O)C=O.NC(CC(=O)O)C(=O)O.O=C(CO)[C@@H](O)[C@H](O)[C@@H](O)CO. The quantitative estimate of drug-likeness (QED) is 0.0423. The molecule has 0 aromatic carbocycles. The lowest BCUT2D eigenvalue weighted by Gasteiger charge is -2.21. The maximum atomic E-state index is 10.5. The summed E-state index contributed by atoms with van der Waals surface area (Å²) in [6.45, 7) is 4.11. The van der Waals surface area contributed by atoms with E-state index < -0.39 is 122 Å². The lowest BCUT2D eigenvalue weighted by atomic mass is 10.1. The summed E-state index contributed by atoms with van der Waals surface area (Å²) in [5.74, 6) is -6.72. The van der Waals surface area contributed by atoms with Crippen LogP contribution in [0.3, 0.4) is 0 Å². The van der Waals surface area contributed by atoms with Crippen molar-refractivity contribution in [3.8, 4) is 0 Å². The number of nitrogens with two attached hydrogens (primary N) is 4. The van der Waals surface area contributed by atoms with Crippen LogP contribution < -0.4 is 22.9 Å². The van der Waals surface area contributed by atoms with Gasteiger partial charge in [-0.05, 0) is 38.3 Å². The summed E-state index contributed by atoms with van der Waals surface area (Å²) in [6, 6.07) is -2.69. The number of carboxylic acids is 5. The number of aliphatic carboxylic acids is 5. The molecule has 0 radical (unpaired) electrons. The van der Waals surface area contributed by atoms with E-state index >= 15 is 0 Å². The highest BCUT2D eigenvalue weighted by Gasteiger charge is 2.29. The minimum atomic E-state index is -1.86. The van der Waals surface area contributed by atoms with E-state index in [2.05, 4.69) is 5.73 Å². The van der Waals surface area contributed by atoms with E-state index in [-0.39, 0.29) is 12.2 Å². The summed E-state index contributed by atoms with van der Waals surface area (Å²) >= 11 is 1.60. The van der Waals surface area contributed by atoms with Crippen molar-refractivity contribution in [2.24, 2.45) is 28.9 Å². The first-order chi connectivity index (χ1) is 27.0. The van der Waals surface area contributed by atoms with Crippen molar-refractivity contribution in [1.29, 1.82) is 0 Å². The van der Waals surface area contributed by atoms with Gasteiger partial charge in [0.05, 0.1) is 19.1 Å². The van der Waals surface area contributed by atoms with Crippen molar-refractivity contribution in [2.45, 2.75) is 101 Å². The first-order valence-corrected chi connectivity index (χ1v) is 17.7. The number of rotatable bonds is 19. The van der Waals surface area contributed by atoms with Crippen LogP contribution in [-0.4, -0.2) is 225 Å². The van der Waals surface area contributed by atoms with Gasteiger partial charge in [0, 0.05) is 14.0 Å². The van der Waals surface area contributed by atoms with Gasteiger partial charge in [-0.3, -0.25) is 28.8 Å². The highest BCUT2D eigenvalue weighted by Crippen LogP contribution is 2.03. The minimum Gasteiger partial charge on any atom is -0.481 e. The number of aliphatic hydroxyl groups is 10. The van der Waals surface area contributed by atoms with Crippen LogP contribution in [0.4, 0.5) is 0 Å². The van der Waals surface area contributed by atoms with E-state index in [4.69, 9.17) is 93.8 Å². The maximum absolute atomic E-state index is 10.5. The predicted molar refractivity (Wildman–Crippen MR) is 206 cm³/mol. The van der Waals surface area contributed by atoms with Crippen LogP contribution in [0.2, 0.25) is 0 Å².